The van der Waals surface area contributed by atoms with E-state index in [0.717, 1.165) is 37.9 Å². The van der Waals surface area contributed by atoms with Crippen LogP contribution in [0.1, 0.15) is 39.4 Å². The van der Waals surface area contributed by atoms with E-state index in [1.807, 2.05) is 0 Å². The first kappa shape index (κ1) is 15.4. The van der Waals surface area contributed by atoms with Gasteiger partial charge in [0.15, 0.2) is 0 Å². The summed E-state index contributed by atoms with van der Waals surface area (Å²) < 4.78 is 2.07. The molecule has 1 saturated heterocycles. The van der Waals surface area contributed by atoms with Gasteiger partial charge in [0.05, 0.1) is 6.54 Å². The summed E-state index contributed by atoms with van der Waals surface area (Å²) in [4.78, 5) is 6.98. The highest BCUT2D eigenvalue weighted by Gasteiger charge is 2.27. The third kappa shape index (κ3) is 3.79. The number of nitrogens with one attached hydrogen (secondary N) is 1. The van der Waals surface area contributed by atoms with Crippen LogP contribution in [0.5, 0.6) is 0 Å². The van der Waals surface area contributed by atoms with E-state index in [0.29, 0.717) is 12.0 Å². The number of hydrogen-bond donors (Lipinski definition) is 1. The van der Waals surface area contributed by atoms with Crippen molar-refractivity contribution >= 4 is 0 Å². The van der Waals surface area contributed by atoms with E-state index in [-0.39, 0.29) is 0 Å². The van der Waals surface area contributed by atoms with Crippen LogP contribution in [-0.4, -0.2) is 45.8 Å². The quantitative estimate of drug-likeness (QED) is 0.862. The van der Waals surface area contributed by atoms with E-state index in [2.05, 4.69) is 52.8 Å². The molecule has 2 unspecified atom stereocenters. The molecule has 5 nitrogen and oxygen atoms in total. The van der Waals surface area contributed by atoms with Gasteiger partial charge >= 0.3 is 0 Å². The van der Waals surface area contributed by atoms with Crippen molar-refractivity contribution in [2.24, 2.45) is 11.8 Å². The van der Waals surface area contributed by atoms with Gasteiger partial charge in [0.25, 0.3) is 0 Å². The summed E-state index contributed by atoms with van der Waals surface area (Å²) in [6.45, 7) is 10.9. The maximum Gasteiger partial charge on any atom is 0.141 e. The lowest BCUT2D eigenvalue weighted by Gasteiger charge is -2.38. The molecule has 1 aromatic rings. The predicted molar refractivity (Wildman–Crippen MR) is 81.4 cm³/mol. The van der Waals surface area contributed by atoms with Crippen LogP contribution in [0.4, 0.5) is 0 Å². The van der Waals surface area contributed by atoms with Gasteiger partial charge in [0.1, 0.15) is 12.2 Å². The molecule has 114 valence electrons. The Kier molecular flexibility index (Phi) is 5.54. The van der Waals surface area contributed by atoms with E-state index >= 15 is 0 Å². The molecule has 0 amide bonds. The molecular weight excluding hydrogens is 250 g/mol. The minimum absolute atomic E-state index is 0.605. The number of rotatable bonds is 6. The lowest BCUT2D eigenvalue weighted by Crippen LogP contribution is -2.48. The maximum absolute atomic E-state index is 4.45. The minimum Gasteiger partial charge on any atom is -0.317 e. The van der Waals surface area contributed by atoms with E-state index in [1.54, 1.807) is 6.33 Å². The van der Waals surface area contributed by atoms with Gasteiger partial charge in [-0.1, -0.05) is 27.2 Å². The fraction of sp³-hybridized carbons (Fsp3) is 0.867. The molecule has 2 heterocycles. The van der Waals surface area contributed by atoms with Crippen LogP contribution in [-0.2, 0) is 13.1 Å². The standard InChI is InChI=1S/C15H29N5/c1-5-13-9-19(7-6-14(13)16-4)10-15-17-11-18-20(15)8-12(2)3/h11-14,16H,5-10H2,1-4H3. The molecular formula is C15H29N5. The molecule has 1 aliphatic rings. The average Bonchev–Trinajstić information content (AvgIpc) is 2.85. The van der Waals surface area contributed by atoms with Gasteiger partial charge in [0.2, 0.25) is 0 Å². The average molecular weight is 279 g/mol. The first-order chi connectivity index (χ1) is 9.63. The maximum atomic E-state index is 4.45. The second-order valence-electron chi connectivity index (χ2n) is 6.34. The Morgan fingerprint density at radius 3 is 2.90 bits per heavy atom. The van der Waals surface area contributed by atoms with Crippen molar-refractivity contribution in [2.45, 2.75) is 52.7 Å². The molecule has 1 aliphatic heterocycles. The normalized spacial score (nSPS) is 24.4. The molecule has 2 atom stereocenters. The first-order valence-corrected chi connectivity index (χ1v) is 7.90. The van der Waals surface area contributed by atoms with Crippen molar-refractivity contribution in [3.05, 3.63) is 12.2 Å². The van der Waals surface area contributed by atoms with Crippen molar-refractivity contribution in [3.63, 3.8) is 0 Å². The van der Waals surface area contributed by atoms with E-state index in [4.69, 9.17) is 0 Å². The lowest BCUT2D eigenvalue weighted by atomic mass is 9.90. The predicted octanol–water partition coefficient (Wildman–Crippen LogP) is 1.75. The monoisotopic (exact) mass is 279 g/mol. The van der Waals surface area contributed by atoms with E-state index in [9.17, 15) is 0 Å². The van der Waals surface area contributed by atoms with Crippen LogP contribution in [0.15, 0.2) is 6.33 Å². The van der Waals surface area contributed by atoms with Gasteiger partial charge in [-0.2, -0.15) is 5.10 Å². The molecule has 1 N–H and O–H groups in total. The zero-order valence-electron chi connectivity index (χ0n) is 13.3. The number of aromatic nitrogens is 3. The van der Waals surface area contributed by atoms with Gasteiger partial charge < -0.3 is 5.32 Å². The van der Waals surface area contributed by atoms with Gasteiger partial charge in [-0.3, -0.25) is 4.90 Å². The zero-order valence-corrected chi connectivity index (χ0v) is 13.3. The van der Waals surface area contributed by atoms with Crippen molar-refractivity contribution < 1.29 is 0 Å². The number of hydrogen-bond acceptors (Lipinski definition) is 4. The number of piperidine rings is 1. The van der Waals surface area contributed by atoms with Gasteiger partial charge in [-0.15, -0.1) is 0 Å². The fourth-order valence-electron chi connectivity index (χ4n) is 3.15. The van der Waals surface area contributed by atoms with E-state index in [1.165, 1.54) is 12.8 Å². The Balaban J connectivity index is 1.95. The third-order valence-corrected chi connectivity index (χ3v) is 4.31. The summed E-state index contributed by atoms with van der Waals surface area (Å²) in [6.07, 6.45) is 4.16. The molecule has 5 heteroatoms. The Hall–Kier alpha value is -0.940. The topological polar surface area (TPSA) is 46.0 Å². The van der Waals surface area contributed by atoms with Crippen LogP contribution in [0, 0.1) is 11.8 Å². The molecule has 1 aromatic heterocycles. The molecule has 0 spiro atoms. The Bertz CT molecular complexity index is 401. The fourth-order valence-corrected chi connectivity index (χ4v) is 3.15. The summed E-state index contributed by atoms with van der Waals surface area (Å²) in [7, 11) is 2.09. The Morgan fingerprint density at radius 1 is 1.45 bits per heavy atom. The molecule has 0 radical (unpaired) electrons. The third-order valence-electron chi connectivity index (χ3n) is 4.31. The largest absolute Gasteiger partial charge is 0.317 e. The molecule has 0 aromatic carbocycles. The highest BCUT2D eigenvalue weighted by Crippen LogP contribution is 2.21. The molecule has 2 rings (SSSR count). The minimum atomic E-state index is 0.605. The number of likely N-dealkylation sites (tertiary alicyclic amines) is 1. The number of nitrogens with zero attached hydrogens (tertiary/aromatic N) is 4. The second kappa shape index (κ2) is 7.18. The van der Waals surface area contributed by atoms with Gasteiger partial charge in [-0.05, 0) is 25.3 Å². The van der Waals surface area contributed by atoms with Crippen molar-refractivity contribution in [3.8, 4) is 0 Å². The summed E-state index contributed by atoms with van der Waals surface area (Å²) in [6, 6.07) is 0.671. The first-order valence-electron chi connectivity index (χ1n) is 7.90. The second-order valence-corrected chi connectivity index (χ2v) is 6.34. The van der Waals surface area contributed by atoms with Crippen molar-refractivity contribution in [1.82, 2.24) is 25.0 Å². The van der Waals surface area contributed by atoms with Crippen LogP contribution >= 0.6 is 0 Å². The Labute approximate surface area is 122 Å². The van der Waals surface area contributed by atoms with Crippen molar-refractivity contribution in [2.75, 3.05) is 20.1 Å². The van der Waals surface area contributed by atoms with Crippen LogP contribution in [0.25, 0.3) is 0 Å². The van der Waals surface area contributed by atoms with Gasteiger partial charge in [0, 0.05) is 25.7 Å². The van der Waals surface area contributed by atoms with Crippen LogP contribution in [0.2, 0.25) is 0 Å². The molecule has 1 fully saturated rings. The van der Waals surface area contributed by atoms with Crippen LogP contribution < -0.4 is 5.32 Å². The molecule has 0 aliphatic carbocycles. The summed E-state index contributed by atoms with van der Waals surface area (Å²) in [5, 5.41) is 7.82. The highest BCUT2D eigenvalue weighted by molar-refractivity contribution is 4.89. The summed E-state index contributed by atoms with van der Waals surface area (Å²) >= 11 is 0. The highest BCUT2D eigenvalue weighted by atomic mass is 15.3. The van der Waals surface area contributed by atoms with E-state index < -0.39 is 0 Å². The summed E-state index contributed by atoms with van der Waals surface area (Å²) in [5.41, 5.74) is 0. The van der Waals surface area contributed by atoms with Gasteiger partial charge in [-0.25, -0.2) is 9.67 Å². The smallest absolute Gasteiger partial charge is 0.141 e. The SMILES string of the molecule is CCC1CN(Cc2ncnn2CC(C)C)CCC1NC. The van der Waals surface area contributed by atoms with Crippen LogP contribution in [0.3, 0.4) is 0 Å². The zero-order chi connectivity index (χ0) is 14.5. The molecule has 20 heavy (non-hydrogen) atoms. The Morgan fingerprint density at radius 2 is 2.25 bits per heavy atom. The van der Waals surface area contributed by atoms with Crippen molar-refractivity contribution in [1.29, 1.82) is 0 Å². The lowest BCUT2D eigenvalue weighted by molar-refractivity contribution is 0.128. The summed E-state index contributed by atoms with van der Waals surface area (Å²) in [5.74, 6) is 2.46. The molecule has 0 bridgehead atoms. The molecule has 0 saturated carbocycles.